The normalized spacial score (nSPS) is 19.0. The SMILES string of the molecule is CSC(C)CNC(c1ccc(Cl)cc1)C1CC1. The van der Waals surface area contributed by atoms with Gasteiger partial charge in [-0.2, -0.15) is 11.8 Å². The average molecular weight is 270 g/mol. The number of nitrogens with one attached hydrogen (secondary N) is 1. The molecule has 0 spiro atoms. The lowest BCUT2D eigenvalue weighted by Gasteiger charge is -2.21. The van der Waals surface area contributed by atoms with E-state index in [9.17, 15) is 0 Å². The Hall–Kier alpha value is -0.180. The summed E-state index contributed by atoms with van der Waals surface area (Å²) in [6, 6.07) is 8.81. The zero-order valence-electron chi connectivity index (χ0n) is 10.4. The topological polar surface area (TPSA) is 12.0 Å². The van der Waals surface area contributed by atoms with Gasteiger partial charge in [-0.3, -0.25) is 0 Å². The minimum Gasteiger partial charge on any atom is -0.309 e. The van der Waals surface area contributed by atoms with E-state index in [-0.39, 0.29) is 0 Å². The molecule has 2 atom stereocenters. The molecule has 1 aliphatic carbocycles. The van der Waals surface area contributed by atoms with Gasteiger partial charge in [-0.1, -0.05) is 30.7 Å². The lowest BCUT2D eigenvalue weighted by Crippen LogP contribution is -2.28. The van der Waals surface area contributed by atoms with E-state index in [1.165, 1.54) is 18.4 Å². The molecule has 1 fully saturated rings. The minimum absolute atomic E-state index is 0.516. The van der Waals surface area contributed by atoms with E-state index in [2.05, 4.69) is 30.6 Å². The van der Waals surface area contributed by atoms with Gasteiger partial charge in [0.2, 0.25) is 0 Å². The van der Waals surface area contributed by atoms with Crippen LogP contribution in [0.4, 0.5) is 0 Å². The summed E-state index contributed by atoms with van der Waals surface area (Å²) in [5, 5.41) is 5.19. The summed E-state index contributed by atoms with van der Waals surface area (Å²) in [6.07, 6.45) is 4.88. The molecule has 1 aliphatic rings. The quantitative estimate of drug-likeness (QED) is 0.833. The molecule has 0 saturated heterocycles. The van der Waals surface area contributed by atoms with Crippen LogP contribution in [0.25, 0.3) is 0 Å². The van der Waals surface area contributed by atoms with Crippen molar-refractivity contribution in [2.24, 2.45) is 5.92 Å². The maximum absolute atomic E-state index is 5.94. The molecule has 17 heavy (non-hydrogen) atoms. The van der Waals surface area contributed by atoms with E-state index in [4.69, 9.17) is 11.6 Å². The molecule has 0 heterocycles. The Labute approximate surface area is 113 Å². The highest BCUT2D eigenvalue weighted by Gasteiger charge is 2.32. The van der Waals surface area contributed by atoms with Crippen LogP contribution in [0.5, 0.6) is 0 Å². The number of thioether (sulfide) groups is 1. The third-order valence-corrected chi connectivity index (χ3v) is 4.57. The van der Waals surface area contributed by atoms with Gasteiger partial charge < -0.3 is 5.32 Å². The number of hydrogen-bond acceptors (Lipinski definition) is 2. The molecule has 0 aromatic heterocycles. The molecule has 1 N–H and O–H groups in total. The molecule has 0 aliphatic heterocycles. The molecule has 94 valence electrons. The summed E-state index contributed by atoms with van der Waals surface area (Å²) >= 11 is 7.85. The van der Waals surface area contributed by atoms with E-state index in [1.807, 2.05) is 23.9 Å². The van der Waals surface area contributed by atoms with Crippen LogP contribution in [0.1, 0.15) is 31.4 Å². The first kappa shape index (κ1) is 13.3. The fraction of sp³-hybridized carbons (Fsp3) is 0.571. The fourth-order valence-electron chi connectivity index (χ4n) is 2.03. The molecular formula is C14H20ClNS. The van der Waals surface area contributed by atoms with Gasteiger partial charge in [-0.05, 0) is 42.7 Å². The van der Waals surface area contributed by atoms with Gasteiger partial charge in [-0.25, -0.2) is 0 Å². The van der Waals surface area contributed by atoms with Gasteiger partial charge in [0, 0.05) is 22.9 Å². The highest BCUT2D eigenvalue weighted by atomic mass is 35.5. The Kier molecular flexibility index (Phi) is 4.78. The van der Waals surface area contributed by atoms with E-state index in [0.29, 0.717) is 11.3 Å². The molecule has 3 heteroatoms. The Bertz CT molecular complexity index is 348. The van der Waals surface area contributed by atoms with Gasteiger partial charge in [0.05, 0.1) is 0 Å². The second kappa shape index (κ2) is 6.12. The first-order chi connectivity index (χ1) is 8.20. The van der Waals surface area contributed by atoms with Gasteiger partial charge in [0.15, 0.2) is 0 Å². The van der Waals surface area contributed by atoms with Gasteiger partial charge in [0.1, 0.15) is 0 Å². The average Bonchev–Trinajstić information content (AvgIpc) is 3.15. The van der Waals surface area contributed by atoms with Crippen molar-refractivity contribution in [3.05, 3.63) is 34.9 Å². The first-order valence-corrected chi connectivity index (χ1v) is 7.89. The number of halogens is 1. The van der Waals surface area contributed by atoms with Crippen molar-refractivity contribution >= 4 is 23.4 Å². The van der Waals surface area contributed by atoms with E-state index >= 15 is 0 Å². The van der Waals surface area contributed by atoms with Crippen molar-refractivity contribution in [3.8, 4) is 0 Å². The molecule has 2 rings (SSSR count). The highest BCUT2D eigenvalue weighted by molar-refractivity contribution is 7.99. The maximum atomic E-state index is 5.94. The van der Waals surface area contributed by atoms with Crippen LogP contribution >= 0.6 is 23.4 Å². The van der Waals surface area contributed by atoms with Gasteiger partial charge in [0.25, 0.3) is 0 Å². The smallest absolute Gasteiger partial charge is 0.0406 e. The maximum Gasteiger partial charge on any atom is 0.0406 e. The molecule has 0 bridgehead atoms. The number of benzene rings is 1. The minimum atomic E-state index is 0.516. The summed E-state index contributed by atoms with van der Waals surface area (Å²) in [5.41, 5.74) is 1.38. The third kappa shape index (κ3) is 3.90. The van der Waals surface area contributed by atoms with Crippen molar-refractivity contribution in [2.45, 2.75) is 31.1 Å². The summed E-state index contributed by atoms with van der Waals surface area (Å²) in [4.78, 5) is 0. The summed E-state index contributed by atoms with van der Waals surface area (Å²) in [7, 11) is 0. The molecule has 1 nitrogen and oxygen atoms in total. The van der Waals surface area contributed by atoms with Crippen LogP contribution in [0.15, 0.2) is 24.3 Å². The van der Waals surface area contributed by atoms with Crippen LogP contribution in [-0.4, -0.2) is 18.1 Å². The van der Waals surface area contributed by atoms with E-state index < -0.39 is 0 Å². The Morgan fingerprint density at radius 2 is 2.00 bits per heavy atom. The second-order valence-corrected chi connectivity index (χ2v) is 6.53. The first-order valence-electron chi connectivity index (χ1n) is 6.22. The standard InChI is InChI=1S/C14H20ClNS/c1-10(17-2)9-16-14(11-3-4-11)12-5-7-13(15)8-6-12/h5-8,10-11,14,16H,3-4,9H2,1-2H3. The van der Waals surface area contributed by atoms with Crippen molar-refractivity contribution in [2.75, 3.05) is 12.8 Å². The van der Waals surface area contributed by atoms with E-state index in [1.54, 1.807) is 0 Å². The Morgan fingerprint density at radius 1 is 1.35 bits per heavy atom. The van der Waals surface area contributed by atoms with Crippen LogP contribution in [-0.2, 0) is 0 Å². The zero-order valence-corrected chi connectivity index (χ0v) is 12.0. The fourth-order valence-corrected chi connectivity index (χ4v) is 2.42. The van der Waals surface area contributed by atoms with Crippen LogP contribution < -0.4 is 5.32 Å². The van der Waals surface area contributed by atoms with Crippen molar-refractivity contribution in [1.29, 1.82) is 0 Å². The van der Waals surface area contributed by atoms with Crippen molar-refractivity contribution in [1.82, 2.24) is 5.32 Å². The lowest BCUT2D eigenvalue weighted by molar-refractivity contribution is 0.484. The van der Waals surface area contributed by atoms with E-state index in [0.717, 1.165) is 17.5 Å². The monoisotopic (exact) mass is 269 g/mol. The second-order valence-electron chi connectivity index (χ2n) is 4.82. The molecule has 1 aromatic carbocycles. The predicted molar refractivity (Wildman–Crippen MR) is 77.9 cm³/mol. The lowest BCUT2D eigenvalue weighted by atomic mass is 10.0. The zero-order chi connectivity index (χ0) is 12.3. The van der Waals surface area contributed by atoms with Crippen LogP contribution in [0.2, 0.25) is 5.02 Å². The number of rotatable bonds is 6. The van der Waals surface area contributed by atoms with Crippen LogP contribution in [0, 0.1) is 5.92 Å². The Morgan fingerprint density at radius 3 is 2.53 bits per heavy atom. The van der Waals surface area contributed by atoms with Crippen molar-refractivity contribution in [3.63, 3.8) is 0 Å². The number of hydrogen-bond donors (Lipinski definition) is 1. The van der Waals surface area contributed by atoms with Gasteiger partial charge >= 0.3 is 0 Å². The van der Waals surface area contributed by atoms with Crippen LogP contribution in [0.3, 0.4) is 0 Å². The Balaban J connectivity index is 1.99. The summed E-state index contributed by atoms with van der Waals surface area (Å²) in [6.45, 7) is 3.34. The third-order valence-electron chi connectivity index (χ3n) is 3.35. The van der Waals surface area contributed by atoms with Gasteiger partial charge in [-0.15, -0.1) is 0 Å². The largest absolute Gasteiger partial charge is 0.309 e. The molecule has 2 unspecified atom stereocenters. The molecule has 0 radical (unpaired) electrons. The summed E-state index contributed by atoms with van der Waals surface area (Å²) < 4.78 is 0. The van der Waals surface area contributed by atoms with Crippen molar-refractivity contribution < 1.29 is 0 Å². The highest BCUT2D eigenvalue weighted by Crippen LogP contribution is 2.41. The summed E-state index contributed by atoms with van der Waals surface area (Å²) in [5.74, 6) is 0.824. The molecule has 1 aromatic rings. The molecular weight excluding hydrogens is 250 g/mol. The molecule has 1 saturated carbocycles. The predicted octanol–water partition coefficient (Wildman–Crippen LogP) is 4.13. The molecule has 0 amide bonds.